The second kappa shape index (κ2) is 7.24. The van der Waals surface area contributed by atoms with Gasteiger partial charge in [0.2, 0.25) is 0 Å². The van der Waals surface area contributed by atoms with Crippen LogP contribution in [0.4, 0.5) is 0 Å². The largest absolute Gasteiger partial charge is 0.375 e. The highest BCUT2D eigenvalue weighted by molar-refractivity contribution is 4.92. The predicted molar refractivity (Wildman–Crippen MR) is 83.1 cm³/mol. The van der Waals surface area contributed by atoms with Crippen molar-refractivity contribution in [3.63, 3.8) is 0 Å². The zero-order chi connectivity index (χ0) is 13.7. The molecule has 3 heteroatoms. The van der Waals surface area contributed by atoms with Gasteiger partial charge < -0.3 is 15.0 Å². The summed E-state index contributed by atoms with van der Waals surface area (Å²) in [7, 11) is 0. The number of nitrogens with one attached hydrogen (secondary N) is 1. The lowest BCUT2D eigenvalue weighted by Crippen LogP contribution is -2.49. The van der Waals surface area contributed by atoms with E-state index in [-0.39, 0.29) is 5.60 Å². The van der Waals surface area contributed by atoms with Crippen LogP contribution in [0.1, 0.15) is 64.2 Å². The van der Waals surface area contributed by atoms with Gasteiger partial charge >= 0.3 is 0 Å². The Hall–Kier alpha value is -0.120. The molecule has 3 rings (SSSR count). The quantitative estimate of drug-likeness (QED) is 0.857. The van der Waals surface area contributed by atoms with Crippen LogP contribution < -0.4 is 5.32 Å². The Morgan fingerprint density at radius 2 is 1.75 bits per heavy atom. The average Bonchev–Trinajstić information content (AvgIpc) is 2.49. The summed E-state index contributed by atoms with van der Waals surface area (Å²) in [6, 6.07) is 0.701. The maximum absolute atomic E-state index is 6.18. The van der Waals surface area contributed by atoms with Gasteiger partial charge in [0.15, 0.2) is 0 Å². The third kappa shape index (κ3) is 3.96. The topological polar surface area (TPSA) is 24.5 Å². The monoisotopic (exact) mass is 280 g/mol. The first-order valence-corrected chi connectivity index (χ1v) is 8.96. The van der Waals surface area contributed by atoms with E-state index in [9.17, 15) is 0 Å². The summed E-state index contributed by atoms with van der Waals surface area (Å²) >= 11 is 0. The van der Waals surface area contributed by atoms with E-state index in [4.69, 9.17) is 4.74 Å². The lowest BCUT2D eigenvalue weighted by molar-refractivity contribution is -0.109. The van der Waals surface area contributed by atoms with E-state index in [1.807, 2.05) is 0 Å². The number of nitrogens with zero attached hydrogens (tertiary/aromatic N) is 1. The first-order valence-electron chi connectivity index (χ1n) is 8.96. The fraction of sp³-hybridized carbons (Fsp3) is 1.00. The van der Waals surface area contributed by atoms with Crippen LogP contribution in [-0.2, 0) is 4.74 Å². The van der Waals surface area contributed by atoms with Crippen molar-refractivity contribution in [2.24, 2.45) is 0 Å². The van der Waals surface area contributed by atoms with E-state index in [2.05, 4.69) is 10.2 Å². The SMILES string of the molecule is C1CCN(CCNC2CCOC3(CCCCC3)C2)CC1. The van der Waals surface area contributed by atoms with Gasteiger partial charge in [0, 0.05) is 25.7 Å². The van der Waals surface area contributed by atoms with Gasteiger partial charge in [0.1, 0.15) is 0 Å². The van der Waals surface area contributed by atoms with Gasteiger partial charge in [-0.25, -0.2) is 0 Å². The summed E-state index contributed by atoms with van der Waals surface area (Å²) in [5.41, 5.74) is 0.249. The van der Waals surface area contributed by atoms with E-state index in [1.165, 1.54) is 90.4 Å². The first-order chi connectivity index (χ1) is 9.86. The number of ether oxygens (including phenoxy) is 1. The van der Waals surface area contributed by atoms with Gasteiger partial charge in [-0.05, 0) is 51.6 Å². The maximum Gasteiger partial charge on any atom is 0.0697 e. The Morgan fingerprint density at radius 1 is 1.00 bits per heavy atom. The van der Waals surface area contributed by atoms with Crippen molar-refractivity contribution >= 4 is 0 Å². The van der Waals surface area contributed by atoms with Crippen LogP contribution in [-0.4, -0.2) is 49.3 Å². The van der Waals surface area contributed by atoms with E-state index < -0.39 is 0 Å². The lowest BCUT2D eigenvalue weighted by Gasteiger charge is -2.44. The van der Waals surface area contributed by atoms with Gasteiger partial charge in [0.05, 0.1) is 5.60 Å². The molecule has 1 saturated carbocycles. The van der Waals surface area contributed by atoms with Gasteiger partial charge in [0.25, 0.3) is 0 Å². The molecule has 0 aromatic carbocycles. The predicted octanol–water partition coefficient (Wildman–Crippen LogP) is 2.94. The zero-order valence-corrected chi connectivity index (χ0v) is 13.0. The van der Waals surface area contributed by atoms with Crippen molar-refractivity contribution in [3.05, 3.63) is 0 Å². The summed E-state index contributed by atoms with van der Waals surface area (Å²) in [5, 5.41) is 3.82. The first kappa shape index (κ1) is 14.8. The minimum Gasteiger partial charge on any atom is -0.375 e. The molecular weight excluding hydrogens is 248 g/mol. The zero-order valence-electron chi connectivity index (χ0n) is 13.0. The smallest absolute Gasteiger partial charge is 0.0697 e. The molecule has 3 aliphatic rings. The Kier molecular flexibility index (Phi) is 5.36. The average molecular weight is 280 g/mol. The third-order valence-corrected chi connectivity index (χ3v) is 5.57. The lowest BCUT2D eigenvalue weighted by atomic mass is 9.78. The minimum absolute atomic E-state index is 0.249. The molecule has 1 N–H and O–H groups in total. The number of hydrogen-bond acceptors (Lipinski definition) is 3. The number of likely N-dealkylation sites (tertiary alicyclic amines) is 1. The molecule has 2 aliphatic heterocycles. The van der Waals surface area contributed by atoms with Crippen molar-refractivity contribution in [1.29, 1.82) is 0 Å². The highest BCUT2D eigenvalue weighted by Crippen LogP contribution is 2.38. The van der Waals surface area contributed by atoms with Crippen molar-refractivity contribution in [1.82, 2.24) is 10.2 Å². The molecule has 2 heterocycles. The molecule has 3 nitrogen and oxygen atoms in total. The van der Waals surface area contributed by atoms with Crippen molar-refractivity contribution < 1.29 is 4.74 Å². The molecule has 3 fully saturated rings. The van der Waals surface area contributed by atoms with Gasteiger partial charge in [-0.1, -0.05) is 25.7 Å². The Labute approximate surface area is 124 Å². The van der Waals surface area contributed by atoms with Gasteiger partial charge in [-0.2, -0.15) is 0 Å². The Morgan fingerprint density at radius 3 is 2.55 bits per heavy atom. The fourth-order valence-electron chi connectivity index (χ4n) is 4.36. The second-order valence-electron chi connectivity index (χ2n) is 7.14. The van der Waals surface area contributed by atoms with E-state index in [0.29, 0.717) is 6.04 Å². The Balaban J connectivity index is 1.38. The summed E-state index contributed by atoms with van der Waals surface area (Å²) in [4.78, 5) is 2.63. The van der Waals surface area contributed by atoms with E-state index in [0.717, 1.165) is 6.61 Å². The standard InChI is InChI=1S/C17H32N2O/c1-3-8-17(9-4-1)15-16(7-14-20-17)18-10-13-19-11-5-2-6-12-19/h16,18H,1-15H2. The van der Waals surface area contributed by atoms with Crippen molar-refractivity contribution in [3.8, 4) is 0 Å². The van der Waals surface area contributed by atoms with Crippen LogP contribution in [0.3, 0.4) is 0 Å². The fourth-order valence-corrected chi connectivity index (χ4v) is 4.36. The van der Waals surface area contributed by atoms with Crippen LogP contribution in [0.15, 0.2) is 0 Å². The molecule has 1 unspecified atom stereocenters. The molecule has 0 radical (unpaired) electrons. The molecule has 1 spiro atoms. The van der Waals surface area contributed by atoms with Crippen LogP contribution >= 0.6 is 0 Å². The molecule has 1 atom stereocenters. The van der Waals surface area contributed by atoms with Crippen LogP contribution in [0.5, 0.6) is 0 Å². The number of piperidine rings is 1. The summed E-state index contributed by atoms with van der Waals surface area (Å²) in [6.45, 7) is 6.02. The van der Waals surface area contributed by atoms with Gasteiger partial charge in [-0.15, -0.1) is 0 Å². The molecule has 2 saturated heterocycles. The van der Waals surface area contributed by atoms with Crippen molar-refractivity contribution in [2.75, 3.05) is 32.8 Å². The molecule has 20 heavy (non-hydrogen) atoms. The number of rotatable bonds is 4. The molecule has 1 aliphatic carbocycles. The molecule has 0 amide bonds. The van der Waals surface area contributed by atoms with Crippen molar-refractivity contribution in [2.45, 2.75) is 75.9 Å². The molecular formula is C17H32N2O. The van der Waals surface area contributed by atoms with Crippen LogP contribution in [0, 0.1) is 0 Å². The number of hydrogen-bond donors (Lipinski definition) is 1. The van der Waals surface area contributed by atoms with Gasteiger partial charge in [-0.3, -0.25) is 0 Å². The highest BCUT2D eigenvalue weighted by atomic mass is 16.5. The highest BCUT2D eigenvalue weighted by Gasteiger charge is 2.38. The maximum atomic E-state index is 6.18. The Bertz CT molecular complexity index is 277. The molecule has 0 aromatic heterocycles. The van der Waals surface area contributed by atoms with E-state index >= 15 is 0 Å². The molecule has 116 valence electrons. The van der Waals surface area contributed by atoms with Crippen LogP contribution in [0.2, 0.25) is 0 Å². The summed E-state index contributed by atoms with van der Waals surface area (Å²) in [5.74, 6) is 0. The minimum atomic E-state index is 0.249. The molecule has 0 aromatic rings. The molecule has 0 bridgehead atoms. The summed E-state index contributed by atoms with van der Waals surface area (Å²) < 4.78 is 6.18. The van der Waals surface area contributed by atoms with E-state index in [1.54, 1.807) is 0 Å². The second-order valence-corrected chi connectivity index (χ2v) is 7.14. The summed E-state index contributed by atoms with van der Waals surface area (Å²) in [6.07, 6.45) is 13.5. The normalized spacial score (nSPS) is 31.5. The third-order valence-electron chi connectivity index (χ3n) is 5.57. The van der Waals surface area contributed by atoms with Crippen LogP contribution in [0.25, 0.3) is 0 Å².